The molecule has 8 unspecified atom stereocenters. The summed E-state index contributed by atoms with van der Waals surface area (Å²) in [5.41, 5.74) is 0. The number of allylic oxidation sites excluding steroid dienone is 7. The van der Waals surface area contributed by atoms with E-state index in [-0.39, 0.29) is 13.0 Å². The first-order valence-electron chi connectivity index (χ1n) is 34.9. The first-order chi connectivity index (χ1) is 40.2. The van der Waals surface area contributed by atoms with Crippen LogP contribution in [-0.2, 0) is 23.8 Å². The average molecular weight is 1160 g/mol. The zero-order valence-electron chi connectivity index (χ0n) is 53.4. The zero-order valence-corrected chi connectivity index (χ0v) is 53.4. The Labute approximate surface area is 504 Å². The van der Waals surface area contributed by atoms with Crippen molar-refractivity contribution in [3.8, 4) is 0 Å². The summed E-state index contributed by atoms with van der Waals surface area (Å²) >= 11 is 0. The van der Waals surface area contributed by atoms with Gasteiger partial charge in [-0.05, 0) is 83.5 Å². The van der Waals surface area contributed by atoms with E-state index in [4.69, 9.17) is 14.2 Å². The Hall–Kier alpha value is -2.38. The molecule has 0 aromatic rings. The lowest BCUT2D eigenvalue weighted by atomic mass is 9.99. The molecule has 1 aliphatic rings. The SMILES string of the molecule is CCCCC/C=C\C/C=C\CCCCCCCCCCCCCCCCC(O)C(=O)NC(COC1OC(CO)C(O)C(O)C1OC(=O)CCCCCCCCC/C=C/CCCCCCCC)C(O)/C=C/CCCCCCCCCCCC. The third-order valence-corrected chi connectivity index (χ3v) is 16.5. The molecule has 82 heavy (non-hydrogen) atoms. The Morgan fingerprint density at radius 3 is 1.28 bits per heavy atom. The van der Waals surface area contributed by atoms with Gasteiger partial charge in [-0.25, -0.2) is 0 Å². The molecule has 0 saturated carbocycles. The zero-order chi connectivity index (χ0) is 59.6. The monoisotopic (exact) mass is 1160 g/mol. The van der Waals surface area contributed by atoms with Gasteiger partial charge in [0.1, 0.15) is 24.4 Å². The predicted octanol–water partition coefficient (Wildman–Crippen LogP) is 17.6. The maximum absolute atomic E-state index is 13.5. The molecule has 1 rings (SSSR count). The lowest BCUT2D eigenvalue weighted by Crippen LogP contribution is -2.61. The van der Waals surface area contributed by atoms with Gasteiger partial charge in [-0.2, -0.15) is 0 Å². The minimum absolute atomic E-state index is 0.120. The highest BCUT2D eigenvalue weighted by atomic mass is 16.7. The summed E-state index contributed by atoms with van der Waals surface area (Å²) in [6.45, 7) is 5.79. The van der Waals surface area contributed by atoms with Crippen LogP contribution < -0.4 is 5.32 Å². The van der Waals surface area contributed by atoms with Gasteiger partial charge in [0.2, 0.25) is 5.91 Å². The van der Waals surface area contributed by atoms with Crippen molar-refractivity contribution in [3.63, 3.8) is 0 Å². The Morgan fingerprint density at radius 1 is 0.476 bits per heavy atom. The second-order valence-corrected chi connectivity index (χ2v) is 24.3. The number of aliphatic hydroxyl groups is 5. The van der Waals surface area contributed by atoms with Gasteiger partial charge >= 0.3 is 5.97 Å². The number of hydrogen-bond donors (Lipinski definition) is 6. The van der Waals surface area contributed by atoms with Crippen molar-refractivity contribution in [2.75, 3.05) is 13.2 Å². The van der Waals surface area contributed by atoms with Crippen molar-refractivity contribution in [2.24, 2.45) is 0 Å². The fourth-order valence-corrected chi connectivity index (χ4v) is 10.9. The summed E-state index contributed by atoms with van der Waals surface area (Å²) in [6.07, 6.45) is 62.9. The van der Waals surface area contributed by atoms with Crippen LogP contribution >= 0.6 is 0 Å². The highest BCUT2D eigenvalue weighted by Gasteiger charge is 2.47. The molecule has 8 atom stereocenters. The summed E-state index contributed by atoms with van der Waals surface area (Å²) in [6, 6.07) is -1.02. The van der Waals surface area contributed by atoms with E-state index in [0.717, 1.165) is 77.0 Å². The van der Waals surface area contributed by atoms with Gasteiger partial charge in [0.25, 0.3) is 0 Å². The van der Waals surface area contributed by atoms with Gasteiger partial charge in [0, 0.05) is 6.42 Å². The van der Waals surface area contributed by atoms with Gasteiger partial charge in [-0.1, -0.05) is 288 Å². The Bertz CT molecular complexity index is 1520. The van der Waals surface area contributed by atoms with Crippen LogP contribution in [-0.4, -0.2) is 99.6 Å². The maximum atomic E-state index is 13.5. The molecule has 1 heterocycles. The van der Waals surface area contributed by atoms with Crippen molar-refractivity contribution in [1.29, 1.82) is 0 Å². The van der Waals surface area contributed by atoms with Gasteiger partial charge in [0.05, 0.1) is 25.4 Å². The van der Waals surface area contributed by atoms with Crippen LogP contribution in [0.3, 0.4) is 0 Å². The minimum atomic E-state index is -1.61. The smallest absolute Gasteiger partial charge is 0.306 e. The Morgan fingerprint density at radius 2 is 0.841 bits per heavy atom. The number of ether oxygens (including phenoxy) is 3. The van der Waals surface area contributed by atoms with E-state index >= 15 is 0 Å². The number of carbonyl (C=O) groups excluding carboxylic acids is 2. The second-order valence-electron chi connectivity index (χ2n) is 24.3. The fourth-order valence-electron chi connectivity index (χ4n) is 10.9. The highest BCUT2D eigenvalue weighted by molar-refractivity contribution is 5.80. The van der Waals surface area contributed by atoms with E-state index in [0.29, 0.717) is 19.3 Å². The van der Waals surface area contributed by atoms with E-state index in [2.05, 4.69) is 62.5 Å². The lowest BCUT2D eigenvalue weighted by Gasteiger charge is -2.41. The fraction of sp³-hybridized carbons (Fsp3) is 0.859. The van der Waals surface area contributed by atoms with Crippen molar-refractivity contribution in [3.05, 3.63) is 48.6 Å². The number of rotatable bonds is 60. The predicted molar refractivity (Wildman–Crippen MR) is 343 cm³/mol. The highest BCUT2D eigenvalue weighted by Crippen LogP contribution is 2.26. The van der Waals surface area contributed by atoms with Gasteiger partial charge in [0.15, 0.2) is 12.4 Å². The standard InChI is InChI=1S/C71H131NO10/c1-4-7-10-13-16-19-22-25-27-29-30-31-32-33-34-35-37-38-40-43-46-49-52-55-58-64(75)70(79)72-62(63(74)57-54-51-48-45-42-24-21-18-15-12-9-6-3)61-80-71-69(68(78)67(77)65(60-73)81-71)82-66(76)59-56-53-50-47-44-41-39-36-28-26-23-20-17-14-11-8-5-2/h16,19,25-28,54,57,62-65,67-69,71,73-75,77-78H,4-15,17-18,20-24,29-53,55-56,58-61H2,1-3H3,(H,72,79)/b19-16-,27-25-,28-26+,57-54+. The first-order valence-corrected chi connectivity index (χ1v) is 34.9. The molecule has 0 aliphatic carbocycles. The van der Waals surface area contributed by atoms with E-state index < -0.39 is 67.4 Å². The molecule has 0 bridgehead atoms. The normalized spacial score (nSPS) is 18.9. The second kappa shape index (κ2) is 59.0. The van der Waals surface area contributed by atoms with Crippen molar-refractivity contribution in [1.82, 2.24) is 5.32 Å². The summed E-state index contributed by atoms with van der Waals surface area (Å²) in [5, 5.41) is 57.2. The molecule has 1 aliphatic heterocycles. The van der Waals surface area contributed by atoms with Crippen molar-refractivity contribution >= 4 is 11.9 Å². The van der Waals surface area contributed by atoms with Gasteiger partial charge < -0.3 is 45.1 Å². The topological polar surface area (TPSA) is 175 Å². The minimum Gasteiger partial charge on any atom is -0.454 e. The molecule has 11 heteroatoms. The molecule has 0 spiro atoms. The molecular weight excluding hydrogens is 1030 g/mol. The van der Waals surface area contributed by atoms with Gasteiger partial charge in [-0.15, -0.1) is 0 Å². The van der Waals surface area contributed by atoms with E-state index in [1.54, 1.807) is 6.08 Å². The lowest BCUT2D eigenvalue weighted by molar-refractivity contribution is -0.305. The molecule has 11 nitrogen and oxygen atoms in total. The van der Waals surface area contributed by atoms with E-state index in [1.165, 1.54) is 205 Å². The van der Waals surface area contributed by atoms with Crippen LogP contribution in [0.15, 0.2) is 48.6 Å². The Kier molecular flexibility index (Phi) is 55.8. The van der Waals surface area contributed by atoms with Crippen LogP contribution in [0.1, 0.15) is 329 Å². The molecule has 6 N–H and O–H groups in total. The number of nitrogens with one attached hydrogen (secondary N) is 1. The number of amides is 1. The largest absolute Gasteiger partial charge is 0.454 e. The van der Waals surface area contributed by atoms with Crippen LogP contribution in [0.2, 0.25) is 0 Å². The molecule has 0 aromatic carbocycles. The number of unbranched alkanes of at least 4 members (excludes halogenated alkanes) is 40. The number of carbonyl (C=O) groups is 2. The first kappa shape index (κ1) is 77.6. The molecule has 1 amide bonds. The quantitative estimate of drug-likeness (QED) is 0.0195. The maximum Gasteiger partial charge on any atom is 0.306 e. The summed E-state index contributed by atoms with van der Waals surface area (Å²) in [7, 11) is 0. The number of hydrogen-bond acceptors (Lipinski definition) is 10. The molecule has 1 fully saturated rings. The van der Waals surface area contributed by atoms with Crippen molar-refractivity contribution < 1.29 is 49.3 Å². The van der Waals surface area contributed by atoms with Crippen LogP contribution in [0, 0.1) is 0 Å². The van der Waals surface area contributed by atoms with Gasteiger partial charge in [-0.3, -0.25) is 9.59 Å². The summed E-state index contributed by atoms with van der Waals surface area (Å²) in [5.74, 6) is -1.19. The third kappa shape index (κ3) is 45.9. The third-order valence-electron chi connectivity index (χ3n) is 16.5. The molecule has 1 saturated heterocycles. The van der Waals surface area contributed by atoms with E-state index in [1.807, 2.05) is 6.08 Å². The van der Waals surface area contributed by atoms with Crippen LogP contribution in [0.25, 0.3) is 0 Å². The molecule has 0 aromatic heterocycles. The molecular formula is C71H131NO10. The summed E-state index contributed by atoms with van der Waals surface area (Å²) in [4.78, 5) is 26.6. The van der Waals surface area contributed by atoms with Crippen molar-refractivity contribution in [2.45, 2.75) is 378 Å². The molecule has 0 radical (unpaired) electrons. The van der Waals surface area contributed by atoms with Crippen LogP contribution in [0.5, 0.6) is 0 Å². The number of aliphatic hydroxyl groups excluding tert-OH is 5. The average Bonchev–Trinajstić information content (AvgIpc) is 3.68. The van der Waals surface area contributed by atoms with Crippen LogP contribution in [0.4, 0.5) is 0 Å². The van der Waals surface area contributed by atoms with E-state index in [9.17, 15) is 35.1 Å². The Balaban J connectivity index is 2.58. The summed E-state index contributed by atoms with van der Waals surface area (Å²) < 4.78 is 17.7. The number of esters is 1. The molecule has 480 valence electrons.